The van der Waals surface area contributed by atoms with Gasteiger partial charge in [0.2, 0.25) is 0 Å². The highest BCUT2D eigenvalue weighted by atomic mass is 32.2. The Morgan fingerprint density at radius 1 is 0.500 bits per heavy atom. The molecule has 24 heteroatoms. The predicted molar refractivity (Wildman–Crippen MR) is 235 cm³/mol. The molecule has 0 aromatic rings. The number of hydrogen-bond acceptors (Lipinski definition) is 20. The Balaban J connectivity index is 0.945. The smallest absolute Gasteiger partial charge is 0.268 e. The summed E-state index contributed by atoms with van der Waals surface area (Å²) < 4.78 is 79.9. The summed E-state index contributed by atoms with van der Waals surface area (Å²) in [5, 5.41) is 64.6. The lowest BCUT2D eigenvalue weighted by atomic mass is 9.66. The van der Waals surface area contributed by atoms with Gasteiger partial charge in [-0.3, -0.25) is 9.11 Å². The summed E-state index contributed by atoms with van der Waals surface area (Å²) in [5.74, 6) is 0.138. The average Bonchev–Trinajstić information content (AvgIpc) is 3.27. The summed E-state index contributed by atoms with van der Waals surface area (Å²) in [6, 6.07) is -1.32. The number of nitrogens with two attached hydrogens (primary N) is 1. The Morgan fingerprint density at radius 2 is 1.06 bits per heavy atom. The van der Waals surface area contributed by atoms with Crippen LogP contribution < -0.4 is 5.73 Å². The standard InChI is InChI=1S/C40H67N7O13S4/c41-22-8-10-25-21(16-22)17-37(62-60-58-50)39(40(25)48)47-46-35-15-14-34(28-11-9-24(20-30(28)35)63(51,52)53)45-44-33-13-12-32(26-4-1-2-5-27(26)33)43-42-23-18-31-29(36(19-23)61-59-57-49)6-3-7-38(31)64(54,55)56/h21-40,48-50H,1-20,41H2,(H,51,52,53)(H,54,55,56). The molecule has 8 rings (SSSR count). The number of fused-ring (bicyclic) bond motifs is 4. The molecule has 20 nitrogen and oxygen atoms in total. The van der Waals surface area contributed by atoms with E-state index in [4.69, 9.17) is 55.6 Å². The molecule has 0 amide bonds. The zero-order valence-electron chi connectivity index (χ0n) is 36.1. The first-order valence-electron chi connectivity index (χ1n) is 23.6. The van der Waals surface area contributed by atoms with E-state index in [1.807, 2.05) is 0 Å². The fraction of sp³-hybridized carbons (Fsp3) is 1.00. The molecule has 8 saturated carbocycles. The summed E-state index contributed by atoms with van der Waals surface area (Å²) in [4.78, 5) is 0. The Kier molecular flexibility index (Phi) is 16.8. The molecule has 0 aromatic carbocycles. The molecule has 0 heterocycles. The fourth-order valence-electron chi connectivity index (χ4n) is 14.0. The van der Waals surface area contributed by atoms with Crippen LogP contribution in [0.2, 0.25) is 0 Å². The fourth-order valence-corrected chi connectivity index (χ4v) is 17.8. The van der Waals surface area contributed by atoms with Crippen molar-refractivity contribution in [3.8, 4) is 0 Å². The van der Waals surface area contributed by atoms with E-state index in [1.165, 1.54) is 0 Å². The predicted octanol–water partition coefficient (Wildman–Crippen LogP) is 7.47. The van der Waals surface area contributed by atoms with Crippen molar-refractivity contribution in [2.24, 2.45) is 83.8 Å². The van der Waals surface area contributed by atoms with Crippen molar-refractivity contribution in [3.63, 3.8) is 0 Å². The zero-order valence-corrected chi connectivity index (χ0v) is 39.4. The topological polar surface area (TPSA) is 307 Å². The average molecular weight is 982 g/mol. The number of hydrogen-bond donors (Lipinski definition) is 6. The molecule has 0 spiro atoms. The summed E-state index contributed by atoms with van der Waals surface area (Å²) in [6.45, 7) is 0. The van der Waals surface area contributed by atoms with Crippen molar-refractivity contribution in [3.05, 3.63) is 0 Å². The molecule has 0 radical (unpaired) electrons. The van der Waals surface area contributed by atoms with Gasteiger partial charge in [0.15, 0.2) is 0 Å². The van der Waals surface area contributed by atoms with Crippen molar-refractivity contribution in [2.45, 2.75) is 198 Å². The van der Waals surface area contributed by atoms with E-state index in [1.54, 1.807) is 0 Å². The second-order valence-corrected chi connectivity index (χ2v) is 25.4. The van der Waals surface area contributed by atoms with Gasteiger partial charge in [-0.2, -0.15) is 47.5 Å². The van der Waals surface area contributed by atoms with Crippen LogP contribution in [0.4, 0.5) is 0 Å². The Morgan fingerprint density at radius 3 is 1.69 bits per heavy atom. The Hall–Kier alpha value is -1.00. The van der Waals surface area contributed by atoms with E-state index in [-0.39, 0.29) is 101 Å². The van der Waals surface area contributed by atoms with Gasteiger partial charge < -0.3 is 10.8 Å². The zero-order chi connectivity index (χ0) is 45.2. The van der Waals surface area contributed by atoms with Crippen molar-refractivity contribution in [1.82, 2.24) is 0 Å². The van der Waals surface area contributed by atoms with E-state index in [9.17, 15) is 31.0 Å². The van der Waals surface area contributed by atoms with E-state index in [2.05, 4.69) is 10.1 Å². The number of aliphatic hydroxyl groups excluding tert-OH is 1. The molecule has 0 aliphatic heterocycles. The molecule has 20 unspecified atom stereocenters. The van der Waals surface area contributed by atoms with Crippen LogP contribution >= 0.6 is 24.1 Å². The molecule has 0 bridgehead atoms. The first kappa shape index (κ1) is 49.4. The highest BCUT2D eigenvalue weighted by Gasteiger charge is 2.51. The van der Waals surface area contributed by atoms with Crippen LogP contribution in [0.15, 0.2) is 30.7 Å². The van der Waals surface area contributed by atoms with Gasteiger partial charge in [0.25, 0.3) is 20.2 Å². The molecular weight excluding hydrogens is 915 g/mol. The highest BCUT2D eigenvalue weighted by Crippen LogP contribution is 2.51. The van der Waals surface area contributed by atoms with Crippen LogP contribution in [0, 0.1) is 47.3 Å². The lowest BCUT2D eigenvalue weighted by molar-refractivity contribution is -0.432. The Bertz CT molecular complexity index is 1870. The van der Waals surface area contributed by atoms with Crippen molar-refractivity contribution < 1.29 is 60.3 Å². The molecule has 7 N–H and O–H groups in total. The minimum atomic E-state index is -4.28. The largest absolute Gasteiger partial charge is 0.390 e. The second kappa shape index (κ2) is 21.7. The second-order valence-electron chi connectivity index (χ2n) is 20.2. The van der Waals surface area contributed by atoms with E-state index in [0.717, 1.165) is 88.3 Å². The molecule has 364 valence electrons. The van der Waals surface area contributed by atoms with E-state index >= 15 is 0 Å². The molecule has 0 saturated heterocycles. The minimum absolute atomic E-state index is 0.00572. The molecular formula is C40H67N7O13S4. The number of nitrogens with zero attached hydrogens (tertiary/aromatic N) is 6. The Labute approximate surface area is 384 Å². The van der Waals surface area contributed by atoms with Crippen LogP contribution in [0.25, 0.3) is 0 Å². The summed E-state index contributed by atoms with van der Waals surface area (Å²) in [6.07, 6.45) is 13.3. The molecule has 0 aromatic heterocycles. The van der Waals surface area contributed by atoms with Crippen molar-refractivity contribution in [1.29, 1.82) is 0 Å². The quantitative estimate of drug-likeness (QED) is 0.0323. The van der Waals surface area contributed by atoms with Gasteiger partial charge in [-0.25, -0.2) is 10.5 Å². The van der Waals surface area contributed by atoms with Crippen LogP contribution in [0.5, 0.6) is 0 Å². The highest BCUT2D eigenvalue weighted by molar-refractivity contribution is 7.95. The summed E-state index contributed by atoms with van der Waals surface area (Å²) >= 11 is 1.87. The molecule has 64 heavy (non-hydrogen) atoms. The van der Waals surface area contributed by atoms with Crippen LogP contribution in [0.3, 0.4) is 0 Å². The maximum absolute atomic E-state index is 12.5. The van der Waals surface area contributed by atoms with Crippen LogP contribution in [-0.2, 0) is 39.0 Å². The van der Waals surface area contributed by atoms with Crippen LogP contribution in [-0.4, -0.2) is 111 Å². The third kappa shape index (κ3) is 11.4. The number of azo groups is 3. The van der Waals surface area contributed by atoms with Gasteiger partial charge in [-0.15, -0.1) is 8.67 Å². The maximum atomic E-state index is 12.5. The third-order valence-corrected chi connectivity index (χ3v) is 21.3. The maximum Gasteiger partial charge on any atom is 0.268 e. The van der Waals surface area contributed by atoms with Gasteiger partial charge in [-0.05, 0) is 156 Å². The molecule has 8 aliphatic rings. The van der Waals surface area contributed by atoms with Gasteiger partial charge in [0.05, 0.1) is 52.1 Å². The van der Waals surface area contributed by atoms with Gasteiger partial charge >= 0.3 is 0 Å². The monoisotopic (exact) mass is 981 g/mol. The van der Waals surface area contributed by atoms with Crippen LogP contribution in [0.1, 0.15) is 128 Å². The lowest BCUT2D eigenvalue weighted by Gasteiger charge is -2.46. The molecule has 8 aliphatic carbocycles. The SMILES string of the molecule is NC1CCC2C(C1)CC(SOOO)C(N=NC1CCC(N=NC3CCC(N=NC4CC(SOOO)C5CCCC(S(=O)(=O)O)C5C4)C4CCCCC34)C3CCC(S(=O)(=O)O)CC13)C2O. The first-order valence-corrected chi connectivity index (χ1v) is 28.2. The first-order chi connectivity index (χ1) is 30.7. The number of aliphatic hydroxyl groups is 1. The van der Waals surface area contributed by atoms with Crippen molar-refractivity contribution in [2.75, 3.05) is 0 Å². The summed E-state index contributed by atoms with van der Waals surface area (Å²) in [5.41, 5.74) is 6.27. The molecule has 20 atom stereocenters. The van der Waals surface area contributed by atoms with Gasteiger partial charge in [-0.1, -0.05) is 29.3 Å². The molecule has 8 fully saturated rings. The normalized spacial score (nSPS) is 45.8. The minimum Gasteiger partial charge on any atom is -0.390 e. The van der Waals surface area contributed by atoms with Gasteiger partial charge in [0, 0.05) is 35.4 Å². The van der Waals surface area contributed by atoms with E-state index in [0.29, 0.717) is 57.8 Å². The third-order valence-electron chi connectivity index (χ3n) is 16.9. The summed E-state index contributed by atoms with van der Waals surface area (Å²) in [7, 11) is -8.55. The van der Waals surface area contributed by atoms with E-state index < -0.39 is 42.9 Å². The van der Waals surface area contributed by atoms with Gasteiger partial charge in [0.1, 0.15) is 6.04 Å². The van der Waals surface area contributed by atoms with Crippen molar-refractivity contribution >= 4 is 44.3 Å². The lowest BCUT2D eigenvalue weighted by Crippen LogP contribution is -2.52. The number of rotatable bonds is 14.